The molecule has 0 saturated carbocycles. The second-order valence-electron chi connectivity index (χ2n) is 29.0. The van der Waals surface area contributed by atoms with E-state index in [-0.39, 0.29) is 47.1 Å². The molecule has 12 unspecified atom stereocenters. The number of rotatable bonds is 23. The van der Waals surface area contributed by atoms with Gasteiger partial charge >= 0.3 is 0 Å². The van der Waals surface area contributed by atoms with Gasteiger partial charge in [0.1, 0.15) is 137 Å². The smallest absolute Gasteiger partial charge is 0.126 e. The number of aliphatic hydroxyl groups excluding tert-OH is 6. The van der Waals surface area contributed by atoms with Crippen LogP contribution in [0.4, 0.5) is 26.3 Å². The molecule has 109 heavy (non-hydrogen) atoms. The lowest BCUT2D eigenvalue weighted by atomic mass is 9.97. The maximum Gasteiger partial charge on any atom is 0.126 e. The summed E-state index contributed by atoms with van der Waals surface area (Å²) < 4.78 is 116. The monoisotopic (exact) mass is 1500 g/mol. The van der Waals surface area contributed by atoms with Crippen LogP contribution in [-0.4, -0.2) is 146 Å². The van der Waals surface area contributed by atoms with Crippen LogP contribution in [0.1, 0.15) is 102 Å². The SMILES string of the molecule is CCC(O)C1CCc2cc(F)ccc2O1.OC(CN(Cc1ccccc1)CC(O)C1CCc2cc(F)ccc2O1)C1CCc2cc(F)ccc2O1.OC(CN(Cc1ccccc1)CC(O)C1CCc2cc(F)ccc2O1)C1CCc2cc(F)ccc2O1.OC(CNCc1ccccc1)C1CCc2cc(F)ccc2O1. The quantitative estimate of drug-likeness (QED) is 0.0299. The molecule has 0 bridgehead atoms. The highest BCUT2D eigenvalue weighted by molar-refractivity contribution is 5.41. The van der Waals surface area contributed by atoms with Crippen molar-refractivity contribution in [2.75, 3.05) is 32.7 Å². The van der Waals surface area contributed by atoms with Crippen molar-refractivity contribution in [3.05, 3.63) is 285 Å². The molecule has 0 saturated heterocycles. The molecule has 0 fully saturated rings. The Hall–Kier alpha value is -9.00. The van der Waals surface area contributed by atoms with Gasteiger partial charge in [0.15, 0.2) is 0 Å². The standard InChI is InChI=1S/2C29H31F2NO4.C18H20FNO2.C12H15FO2/c2*30-22-8-12-26-20(14-22)6-10-28(35-26)24(33)17-32(16-19-4-2-1-3-5-19)18-25(34)29-11-7-21-15-23(31)9-13-27(21)36-29;19-15-7-9-17-14(10-15)6-8-18(22-17)16(21)12-20-11-13-4-2-1-3-5-13;1-2-10(14)12-5-3-8-7-9(13)4-6-11(8)15-12/h2*1-5,8-9,12-15,24-25,28-29,33-34H,6-7,10-11,16-18H2;1-5,7,9-10,16,18,20-21H,6,8,11-12H2;4,6-7,10,12,14H,2-3,5H2,1H3. The van der Waals surface area contributed by atoms with E-state index < -0.39 is 61.0 Å². The van der Waals surface area contributed by atoms with Crippen molar-refractivity contribution in [1.82, 2.24) is 15.1 Å². The van der Waals surface area contributed by atoms with Crippen LogP contribution in [0.25, 0.3) is 0 Å². The van der Waals surface area contributed by atoms with Crippen LogP contribution >= 0.6 is 0 Å². The third-order valence-corrected chi connectivity index (χ3v) is 20.8. The zero-order chi connectivity index (χ0) is 76.3. The molecule has 0 amide bonds. The summed E-state index contributed by atoms with van der Waals surface area (Å²) in [4.78, 5) is 4.02. The zero-order valence-electron chi connectivity index (χ0n) is 61.1. The van der Waals surface area contributed by atoms with Crippen molar-refractivity contribution < 1.29 is 85.4 Å². The number of hydrogen-bond donors (Lipinski definition) is 7. The van der Waals surface area contributed by atoms with Gasteiger partial charge < -0.3 is 64.4 Å². The number of halogens is 6. The minimum atomic E-state index is -0.796. The fourth-order valence-corrected chi connectivity index (χ4v) is 14.9. The van der Waals surface area contributed by atoms with Gasteiger partial charge in [0, 0.05) is 52.4 Å². The number of ether oxygens (including phenoxy) is 6. The Kier molecular flexibility index (Phi) is 28.2. The average Bonchev–Trinajstić information content (AvgIpc) is 0.744. The van der Waals surface area contributed by atoms with Gasteiger partial charge in [0.2, 0.25) is 0 Å². The number of hydrogen-bond acceptors (Lipinski definition) is 15. The largest absolute Gasteiger partial charge is 0.487 e. The van der Waals surface area contributed by atoms with Crippen LogP contribution in [-0.2, 0) is 58.2 Å². The molecular formula is C88H97F6N3O12. The van der Waals surface area contributed by atoms with Crippen molar-refractivity contribution >= 4 is 0 Å². The minimum absolute atomic E-state index is 0.145. The van der Waals surface area contributed by atoms with Gasteiger partial charge in [0.25, 0.3) is 0 Å². The second kappa shape index (κ2) is 38.6. The summed E-state index contributed by atoms with van der Waals surface area (Å²) in [7, 11) is 0. The average molecular weight is 1500 g/mol. The van der Waals surface area contributed by atoms with E-state index in [0.717, 1.165) is 63.8 Å². The van der Waals surface area contributed by atoms with E-state index >= 15 is 0 Å². The van der Waals surface area contributed by atoms with Gasteiger partial charge in [-0.05, 0) is 243 Å². The van der Waals surface area contributed by atoms with E-state index in [0.29, 0.717) is 151 Å². The summed E-state index contributed by atoms with van der Waals surface area (Å²) in [5.41, 5.74) is 8.32. The molecule has 12 atom stereocenters. The highest BCUT2D eigenvalue weighted by atomic mass is 19.1. The number of aryl methyl sites for hydroxylation is 6. The molecule has 0 radical (unpaired) electrons. The number of benzene rings is 9. The Morgan fingerprint density at radius 2 is 0.541 bits per heavy atom. The number of nitrogens with one attached hydrogen (secondary N) is 1. The first-order valence-corrected chi connectivity index (χ1v) is 37.9. The van der Waals surface area contributed by atoms with E-state index in [9.17, 15) is 57.0 Å². The lowest BCUT2D eigenvalue weighted by Crippen LogP contribution is -2.48. The van der Waals surface area contributed by atoms with Crippen molar-refractivity contribution in [1.29, 1.82) is 0 Å². The summed E-state index contributed by atoms with van der Waals surface area (Å²) >= 11 is 0. The number of nitrogens with zero attached hydrogens (tertiary/aromatic N) is 2. The van der Waals surface area contributed by atoms with Crippen LogP contribution in [0.3, 0.4) is 0 Å². The predicted octanol–water partition coefficient (Wildman–Crippen LogP) is 13.5. The molecular weight excluding hydrogens is 1400 g/mol. The first kappa shape index (κ1) is 79.5. The third-order valence-electron chi connectivity index (χ3n) is 20.8. The van der Waals surface area contributed by atoms with E-state index in [1.807, 2.05) is 108 Å². The molecule has 0 aromatic heterocycles. The zero-order valence-corrected chi connectivity index (χ0v) is 61.1. The summed E-state index contributed by atoms with van der Waals surface area (Å²) in [5.74, 6) is 2.15. The maximum atomic E-state index is 13.5. The van der Waals surface area contributed by atoms with Gasteiger partial charge in [-0.15, -0.1) is 0 Å². The minimum Gasteiger partial charge on any atom is -0.487 e. The lowest BCUT2D eigenvalue weighted by molar-refractivity contribution is -0.0296. The van der Waals surface area contributed by atoms with E-state index in [2.05, 4.69) is 5.32 Å². The Labute approximate surface area is 633 Å². The summed E-state index contributed by atoms with van der Waals surface area (Å²) in [5, 5.41) is 67.5. The van der Waals surface area contributed by atoms with Gasteiger partial charge in [-0.25, -0.2) is 26.3 Å². The fourth-order valence-electron chi connectivity index (χ4n) is 14.9. The van der Waals surface area contributed by atoms with Crippen molar-refractivity contribution in [2.45, 2.75) is 183 Å². The van der Waals surface area contributed by atoms with E-state index in [1.54, 1.807) is 36.4 Å². The van der Waals surface area contributed by atoms with Crippen LogP contribution in [0, 0.1) is 34.9 Å². The van der Waals surface area contributed by atoms with E-state index in [1.165, 1.54) is 78.4 Å². The fraction of sp³-hybridized carbons (Fsp3) is 0.386. The first-order valence-electron chi connectivity index (χ1n) is 37.9. The molecule has 15 nitrogen and oxygen atoms in total. The first-order chi connectivity index (χ1) is 52.8. The Bertz CT molecular complexity index is 4040. The lowest BCUT2D eigenvalue weighted by Gasteiger charge is -2.35. The number of aliphatic hydroxyl groups is 6. The highest BCUT2D eigenvalue weighted by Gasteiger charge is 2.36. The molecule has 9 aromatic rings. The van der Waals surface area contributed by atoms with Gasteiger partial charge in [0.05, 0.1) is 6.10 Å². The van der Waals surface area contributed by atoms with Gasteiger partial charge in [-0.3, -0.25) is 9.80 Å². The predicted molar refractivity (Wildman–Crippen MR) is 403 cm³/mol. The van der Waals surface area contributed by atoms with Crippen LogP contribution < -0.4 is 33.7 Å². The molecule has 6 aliphatic heterocycles. The van der Waals surface area contributed by atoms with Gasteiger partial charge in [-0.2, -0.15) is 0 Å². The Balaban J connectivity index is 0.000000142. The summed E-state index contributed by atoms with van der Waals surface area (Å²) in [6.45, 7) is 5.36. The van der Waals surface area contributed by atoms with Crippen LogP contribution in [0.5, 0.6) is 34.5 Å². The highest BCUT2D eigenvalue weighted by Crippen LogP contribution is 2.36. The van der Waals surface area contributed by atoms with Crippen molar-refractivity contribution in [3.63, 3.8) is 0 Å². The molecule has 6 aliphatic rings. The van der Waals surface area contributed by atoms with Crippen LogP contribution in [0.15, 0.2) is 200 Å². The Morgan fingerprint density at radius 1 is 0.312 bits per heavy atom. The summed E-state index contributed by atoms with van der Waals surface area (Å²) in [6, 6.07) is 56.7. The Morgan fingerprint density at radius 3 is 0.789 bits per heavy atom. The van der Waals surface area contributed by atoms with E-state index in [4.69, 9.17) is 28.4 Å². The third kappa shape index (κ3) is 22.6. The van der Waals surface area contributed by atoms with Crippen molar-refractivity contribution in [2.24, 2.45) is 0 Å². The maximum absolute atomic E-state index is 13.5. The molecule has 578 valence electrons. The number of fused-ring (bicyclic) bond motifs is 6. The molecule has 0 spiro atoms. The molecule has 9 aromatic carbocycles. The molecule has 0 aliphatic carbocycles. The molecule has 15 rings (SSSR count). The molecule has 7 N–H and O–H groups in total. The molecule has 6 heterocycles. The molecule has 21 heteroatoms. The second-order valence-corrected chi connectivity index (χ2v) is 29.0. The topological polar surface area (TPSA) is 195 Å². The summed E-state index contributed by atoms with van der Waals surface area (Å²) in [6.07, 6.45) is 2.20. The van der Waals surface area contributed by atoms with Crippen molar-refractivity contribution in [3.8, 4) is 34.5 Å². The normalized spacial score (nSPS) is 20.3. The van der Waals surface area contributed by atoms with Crippen LogP contribution in [0.2, 0.25) is 0 Å². The van der Waals surface area contributed by atoms with Gasteiger partial charge in [-0.1, -0.05) is 97.9 Å².